The summed E-state index contributed by atoms with van der Waals surface area (Å²) in [7, 11) is 0. The Labute approximate surface area is 121 Å². The van der Waals surface area contributed by atoms with Gasteiger partial charge in [0.05, 0.1) is 11.3 Å². The van der Waals surface area contributed by atoms with Crippen molar-refractivity contribution in [2.24, 2.45) is 0 Å². The van der Waals surface area contributed by atoms with Gasteiger partial charge in [0.2, 0.25) is 0 Å². The average Bonchev–Trinajstić information content (AvgIpc) is 2.34. The first-order valence-electron chi connectivity index (χ1n) is 6.02. The SMILES string of the molecule is CC(=O)c1cnc(-c2cc(C)c(Br)c(C)c2)nc1C. The van der Waals surface area contributed by atoms with Crippen molar-refractivity contribution < 1.29 is 4.79 Å². The van der Waals surface area contributed by atoms with Crippen LogP contribution in [0.15, 0.2) is 22.8 Å². The van der Waals surface area contributed by atoms with E-state index in [9.17, 15) is 4.79 Å². The van der Waals surface area contributed by atoms with Crippen LogP contribution < -0.4 is 0 Å². The van der Waals surface area contributed by atoms with E-state index in [1.807, 2.05) is 32.9 Å². The largest absolute Gasteiger partial charge is 0.294 e. The van der Waals surface area contributed by atoms with E-state index in [1.54, 1.807) is 6.20 Å². The normalized spacial score (nSPS) is 10.6. The molecule has 0 unspecified atom stereocenters. The Balaban J connectivity index is 2.54. The van der Waals surface area contributed by atoms with Crippen LogP contribution in [0.25, 0.3) is 11.4 Å². The molecule has 0 aliphatic heterocycles. The first kappa shape index (κ1) is 13.9. The van der Waals surface area contributed by atoms with Crippen molar-refractivity contribution >= 4 is 21.7 Å². The highest BCUT2D eigenvalue weighted by Crippen LogP contribution is 2.27. The van der Waals surface area contributed by atoms with Crippen LogP contribution in [0.5, 0.6) is 0 Å². The van der Waals surface area contributed by atoms with Gasteiger partial charge in [-0.25, -0.2) is 9.97 Å². The maximum absolute atomic E-state index is 11.4. The Morgan fingerprint density at radius 2 is 1.74 bits per heavy atom. The van der Waals surface area contributed by atoms with Crippen molar-refractivity contribution in [3.8, 4) is 11.4 Å². The Kier molecular flexibility index (Phi) is 3.80. The molecule has 1 heterocycles. The number of aromatic nitrogens is 2. The van der Waals surface area contributed by atoms with Gasteiger partial charge in [0, 0.05) is 16.2 Å². The number of carbonyl (C=O) groups excluding carboxylic acids is 1. The van der Waals surface area contributed by atoms with E-state index in [0.29, 0.717) is 11.4 Å². The number of Topliss-reactive ketones (excluding diaryl/α,β-unsaturated/α-hetero) is 1. The molecule has 0 aliphatic rings. The number of halogens is 1. The van der Waals surface area contributed by atoms with Crippen molar-refractivity contribution in [1.29, 1.82) is 0 Å². The summed E-state index contributed by atoms with van der Waals surface area (Å²) >= 11 is 3.55. The highest BCUT2D eigenvalue weighted by atomic mass is 79.9. The zero-order valence-electron chi connectivity index (χ0n) is 11.4. The molecule has 2 rings (SSSR count). The number of nitrogens with zero attached hydrogens (tertiary/aromatic N) is 2. The Bertz CT molecular complexity index is 642. The number of ketones is 1. The molecule has 0 saturated heterocycles. The summed E-state index contributed by atoms with van der Waals surface area (Å²) in [6.07, 6.45) is 1.60. The first-order chi connectivity index (χ1) is 8.90. The maximum atomic E-state index is 11.4. The molecule has 0 N–H and O–H groups in total. The minimum Gasteiger partial charge on any atom is -0.294 e. The van der Waals surface area contributed by atoms with Gasteiger partial charge in [-0.15, -0.1) is 0 Å². The molecule has 19 heavy (non-hydrogen) atoms. The molecule has 0 radical (unpaired) electrons. The highest BCUT2D eigenvalue weighted by Gasteiger charge is 2.10. The van der Waals surface area contributed by atoms with Crippen LogP contribution in [0.4, 0.5) is 0 Å². The second-order valence-electron chi connectivity index (χ2n) is 4.67. The fourth-order valence-corrected chi connectivity index (χ4v) is 2.26. The van der Waals surface area contributed by atoms with Gasteiger partial charge < -0.3 is 0 Å². The van der Waals surface area contributed by atoms with E-state index < -0.39 is 0 Å². The van der Waals surface area contributed by atoms with E-state index >= 15 is 0 Å². The molecule has 0 saturated carbocycles. The van der Waals surface area contributed by atoms with E-state index in [1.165, 1.54) is 6.92 Å². The third kappa shape index (κ3) is 2.73. The summed E-state index contributed by atoms with van der Waals surface area (Å²) in [6.45, 7) is 7.44. The third-order valence-electron chi connectivity index (χ3n) is 3.05. The summed E-state index contributed by atoms with van der Waals surface area (Å²) in [5, 5.41) is 0. The topological polar surface area (TPSA) is 42.9 Å². The number of carbonyl (C=O) groups is 1. The minimum absolute atomic E-state index is 0.00721. The van der Waals surface area contributed by atoms with Crippen molar-refractivity contribution in [3.05, 3.63) is 45.2 Å². The molecule has 98 valence electrons. The lowest BCUT2D eigenvalue weighted by atomic mass is 10.1. The number of aryl methyl sites for hydroxylation is 3. The predicted molar refractivity (Wildman–Crippen MR) is 79.4 cm³/mol. The zero-order chi connectivity index (χ0) is 14.2. The van der Waals surface area contributed by atoms with E-state index in [2.05, 4.69) is 25.9 Å². The molecule has 0 spiro atoms. The molecular weight excluding hydrogens is 304 g/mol. The van der Waals surface area contributed by atoms with Crippen LogP contribution in [-0.2, 0) is 0 Å². The molecular formula is C15H15BrN2O. The zero-order valence-corrected chi connectivity index (χ0v) is 13.0. The van der Waals surface area contributed by atoms with Crippen molar-refractivity contribution in [1.82, 2.24) is 9.97 Å². The van der Waals surface area contributed by atoms with Gasteiger partial charge in [-0.05, 0) is 51.0 Å². The number of benzene rings is 1. The molecule has 0 bridgehead atoms. The Hall–Kier alpha value is -1.55. The van der Waals surface area contributed by atoms with Crippen LogP contribution in [0.2, 0.25) is 0 Å². The summed E-state index contributed by atoms with van der Waals surface area (Å²) < 4.78 is 1.10. The summed E-state index contributed by atoms with van der Waals surface area (Å²) in [5.74, 6) is 0.647. The summed E-state index contributed by atoms with van der Waals surface area (Å²) in [5.41, 5.74) is 4.56. The van der Waals surface area contributed by atoms with Gasteiger partial charge in [0.25, 0.3) is 0 Å². The average molecular weight is 319 g/mol. The first-order valence-corrected chi connectivity index (χ1v) is 6.81. The maximum Gasteiger partial charge on any atom is 0.163 e. The van der Waals surface area contributed by atoms with Gasteiger partial charge in [-0.2, -0.15) is 0 Å². The van der Waals surface area contributed by atoms with Crippen LogP contribution in [0.3, 0.4) is 0 Å². The monoisotopic (exact) mass is 318 g/mol. The molecule has 1 aromatic heterocycles. The van der Waals surface area contributed by atoms with E-state index in [4.69, 9.17) is 0 Å². The second kappa shape index (κ2) is 5.21. The number of rotatable bonds is 2. The summed E-state index contributed by atoms with van der Waals surface area (Å²) in [4.78, 5) is 20.1. The quantitative estimate of drug-likeness (QED) is 0.785. The standard InChI is InChI=1S/C15H15BrN2O/c1-8-5-12(6-9(2)14(8)16)15-17-7-13(11(4)19)10(3)18-15/h5-7H,1-4H3. The Morgan fingerprint density at radius 3 is 2.21 bits per heavy atom. The Morgan fingerprint density at radius 1 is 1.16 bits per heavy atom. The van der Waals surface area contributed by atoms with E-state index in [-0.39, 0.29) is 5.78 Å². The van der Waals surface area contributed by atoms with Crippen molar-refractivity contribution in [2.75, 3.05) is 0 Å². The lowest BCUT2D eigenvalue weighted by Crippen LogP contribution is -2.02. The lowest BCUT2D eigenvalue weighted by molar-refractivity contribution is 0.101. The van der Waals surface area contributed by atoms with Crippen LogP contribution in [0.1, 0.15) is 34.1 Å². The molecule has 0 aliphatic carbocycles. The minimum atomic E-state index is -0.00721. The fourth-order valence-electron chi connectivity index (χ4n) is 2.03. The fraction of sp³-hybridized carbons (Fsp3) is 0.267. The van der Waals surface area contributed by atoms with Gasteiger partial charge in [0.1, 0.15) is 0 Å². The predicted octanol–water partition coefficient (Wildman–Crippen LogP) is 4.03. The highest BCUT2D eigenvalue weighted by molar-refractivity contribution is 9.10. The van der Waals surface area contributed by atoms with E-state index in [0.717, 1.165) is 26.9 Å². The molecule has 1 aromatic carbocycles. The van der Waals surface area contributed by atoms with Crippen molar-refractivity contribution in [3.63, 3.8) is 0 Å². The molecule has 3 nitrogen and oxygen atoms in total. The molecule has 2 aromatic rings. The third-order valence-corrected chi connectivity index (χ3v) is 4.30. The number of hydrogen-bond acceptors (Lipinski definition) is 3. The molecule has 0 atom stereocenters. The number of hydrogen-bond donors (Lipinski definition) is 0. The van der Waals surface area contributed by atoms with Crippen molar-refractivity contribution in [2.45, 2.75) is 27.7 Å². The van der Waals surface area contributed by atoms with Crippen LogP contribution in [-0.4, -0.2) is 15.8 Å². The van der Waals surface area contributed by atoms with Gasteiger partial charge in [0.15, 0.2) is 11.6 Å². The van der Waals surface area contributed by atoms with Gasteiger partial charge >= 0.3 is 0 Å². The van der Waals surface area contributed by atoms with Crippen LogP contribution >= 0.6 is 15.9 Å². The molecule has 4 heteroatoms. The molecule has 0 amide bonds. The second-order valence-corrected chi connectivity index (χ2v) is 5.47. The van der Waals surface area contributed by atoms with Gasteiger partial charge in [-0.1, -0.05) is 15.9 Å². The van der Waals surface area contributed by atoms with Gasteiger partial charge in [-0.3, -0.25) is 4.79 Å². The molecule has 0 fully saturated rings. The smallest absolute Gasteiger partial charge is 0.163 e. The summed E-state index contributed by atoms with van der Waals surface area (Å²) in [6, 6.07) is 4.08. The van der Waals surface area contributed by atoms with Crippen LogP contribution in [0, 0.1) is 20.8 Å². The lowest BCUT2D eigenvalue weighted by Gasteiger charge is -2.08.